The summed E-state index contributed by atoms with van der Waals surface area (Å²) in [5, 5.41) is 15.7. The van der Waals surface area contributed by atoms with Gasteiger partial charge in [-0.25, -0.2) is 4.68 Å². The number of likely N-dealkylation sites (N-methyl/N-ethyl adjacent to an activating group) is 1. The van der Waals surface area contributed by atoms with Crippen LogP contribution in [-0.4, -0.2) is 62.3 Å². The maximum Gasteiger partial charge on any atom is 0.314 e. The molecule has 10 heteroatoms. The van der Waals surface area contributed by atoms with Crippen molar-refractivity contribution in [2.45, 2.75) is 38.9 Å². The summed E-state index contributed by atoms with van der Waals surface area (Å²) in [6, 6.07) is 16.7. The standard InChI is InChI=1S/C25H27F2N7O/c1-16-12-33(13-17(2)32(16)3)21-6-4-5-20(11-21)22-15-34(31-28-22)14-18-7-9-19(10-8-18)24-29-30-25(35-24)23(26)27/h4-11,15-17,23H,12-14H2,1-3H3/t16-,17+. The van der Waals surface area contributed by atoms with Gasteiger partial charge in [0.05, 0.1) is 12.7 Å². The van der Waals surface area contributed by atoms with Crippen molar-refractivity contribution in [2.75, 3.05) is 25.0 Å². The lowest BCUT2D eigenvalue weighted by molar-refractivity contribution is 0.116. The molecular weight excluding hydrogens is 452 g/mol. The molecule has 0 radical (unpaired) electrons. The second kappa shape index (κ2) is 9.53. The van der Waals surface area contributed by atoms with Gasteiger partial charge in [0.1, 0.15) is 5.69 Å². The monoisotopic (exact) mass is 479 g/mol. The van der Waals surface area contributed by atoms with Gasteiger partial charge in [0, 0.05) is 42.0 Å². The van der Waals surface area contributed by atoms with Gasteiger partial charge in [-0.05, 0) is 50.7 Å². The molecular formula is C25H27F2N7O. The Morgan fingerprint density at radius 1 is 0.971 bits per heavy atom. The first-order valence-corrected chi connectivity index (χ1v) is 11.6. The highest BCUT2D eigenvalue weighted by molar-refractivity contribution is 5.65. The van der Waals surface area contributed by atoms with Crippen LogP contribution in [0.1, 0.15) is 31.7 Å². The van der Waals surface area contributed by atoms with Crippen LogP contribution in [0.25, 0.3) is 22.7 Å². The van der Waals surface area contributed by atoms with Crippen molar-refractivity contribution in [3.05, 3.63) is 66.2 Å². The van der Waals surface area contributed by atoms with E-state index in [1.807, 2.05) is 24.4 Å². The van der Waals surface area contributed by atoms with Crippen LogP contribution in [0.3, 0.4) is 0 Å². The zero-order valence-corrected chi connectivity index (χ0v) is 19.8. The van der Waals surface area contributed by atoms with Crippen LogP contribution in [0.5, 0.6) is 0 Å². The van der Waals surface area contributed by atoms with Crippen molar-refractivity contribution in [2.24, 2.45) is 0 Å². The molecule has 1 fully saturated rings. The van der Waals surface area contributed by atoms with E-state index < -0.39 is 12.3 Å². The van der Waals surface area contributed by atoms with Crippen molar-refractivity contribution >= 4 is 5.69 Å². The molecule has 2 aromatic carbocycles. The molecule has 2 atom stereocenters. The number of alkyl halides is 2. The minimum Gasteiger partial charge on any atom is -0.415 e. The third kappa shape index (κ3) is 4.93. The number of hydrogen-bond donors (Lipinski definition) is 0. The van der Waals surface area contributed by atoms with Gasteiger partial charge in [-0.3, -0.25) is 4.90 Å². The zero-order chi connectivity index (χ0) is 24.5. The van der Waals surface area contributed by atoms with Gasteiger partial charge in [-0.1, -0.05) is 29.5 Å². The SMILES string of the molecule is C[C@@H]1CN(c2cccc(-c3cn(Cc4ccc(-c5nnc(C(F)F)o5)cc4)nn3)c2)C[C@H](C)N1C. The molecule has 1 aliphatic heterocycles. The van der Waals surface area contributed by atoms with Crippen molar-refractivity contribution in [3.8, 4) is 22.7 Å². The molecule has 0 bridgehead atoms. The average molecular weight is 480 g/mol. The molecule has 0 aliphatic carbocycles. The smallest absolute Gasteiger partial charge is 0.314 e. The van der Waals surface area contributed by atoms with E-state index in [1.165, 1.54) is 5.69 Å². The molecule has 0 unspecified atom stereocenters. The fourth-order valence-corrected chi connectivity index (χ4v) is 4.36. The summed E-state index contributed by atoms with van der Waals surface area (Å²) in [6.07, 6.45) is -0.860. The van der Waals surface area contributed by atoms with Gasteiger partial charge < -0.3 is 9.32 Å². The molecule has 5 rings (SSSR count). The minimum atomic E-state index is -2.79. The van der Waals surface area contributed by atoms with Gasteiger partial charge in [-0.2, -0.15) is 8.78 Å². The van der Waals surface area contributed by atoms with Crippen LogP contribution in [0, 0.1) is 0 Å². The van der Waals surface area contributed by atoms with Crippen molar-refractivity contribution in [1.82, 2.24) is 30.1 Å². The molecule has 1 saturated heterocycles. The number of hydrogen-bond acceptors (Lipinski definition) is 7. The highest BCUT2D eigenvalue weighted by Gasteiger charge is 2.26. The number of halogens is 2. The van der Waals surface area contributed by atoms with Gasteiger partial charge in [0.25, 0.3) is 5.89 Å². The molecule has 0 spiro atoms. The average Bonchev–Trinajstić information content (AvgIpc) is 3.53. The Morgan fingerprint density at radius 3 is 2.40 bits per heavy atom. The number of rotatable bonds is 6. The number of benzene rings is 2. The number of anilines is 1. The highest BCUT2D eigenvalue weighted by atomic mass is 19.3. The lowest BCUT2D eigenvalue weighted by Crippen LogP contribution is -2.55. The quantitative estimate of drug-likeness (QED) is 0.403. The van der Waals surface area contributed by atoms with Crippen LogP contribution in [0.2, 0.25) is 0 Å². The Bertz CT molecular complexity index is 1270. The minimum absolute atomic E-state index is 0.0684. The fourth-order valence-electron chi connectivity index (χ4n) is 4.36. The zero-order valence-electron chi connectivity index (χ0n) is 19.8. The van der Waals surface area contributed by atoms with E-state index in [2.05, 4.69) is 69.4 Å². The summed E-state index contributed by atoms with van der Waals surface area (Å²) in [7, 11) is 2.18. The first kappa shape index (κ1) is 23.1. The van der Waals surface area contributed by atoms with E-state index in [4.69, 9.17) is 4.42 Å². The van der Waals surface area contributed by atoms with E-state index in [0.29, 0.717) is 24.2 Å². The second-order valence-electron chi connectivity index (χ2n) is 9.06. The Labute approximate surface area is 202 Å². The number of piperazine rings is 1. The largest absolute Gasteiger partial charge is 0.415 e. The van der Waals surface area contributed by atoms with Crippen LogP contribution in [0.15, 0.2) is 59.1 Å². The third-order valence-corrected chi connectivity index (χ3v) is 6.58. The summed E-state index contributed by atoms with van der Waals surface area (Å²) in [5.41, 5.74) is 4.58. The first-order valence-electron chi connectivity index (χ1n) is 11.6. The summed E-state index contributed by atoms with van der Waals surface area (Å²) in [5.74, 6) is -0.612. The normalized spacial score (nSPS) is 19.0. The Hall–Kier alpha value is -3.66. The molecule has 0 saturated carbocycles. The predicted octanol–water partition coefficient (Wildman–Crippen LogP) is 4.51. The van der Waals surface area contributed by atoms with Crippen molar-refractivity contribution in [1.29, 1.82) is 0 Å². The van der Waals surface area contributed by atoms with Crippen LogP contribution in [0.4, 0.5) is 14.5 Å². The topological polar surface area (TPSA) is 76.1 Å². The summed E-state index contributed by atoms with van der Waals surface area (Å²) in [4.78, 5) is 4.85. The molecule has 0 amide bonds. The van der Waals surface area contributed by atoms with Crippen LogP contribution >= 0.6 is 0 Å². The summed E-state index contributed by atoms with van der Waals surface area (Å²) in [6.45, 7) is 7.01. The second-order valence-corrected chi connectivity index (χ2v) is 9.06. The molecule has 2 aromatic heterocycles. The Morgan fingerprint density at radius 2 is 1.71 bits per heavy atom. The van der Waals surface area contributed by atoms with E-state index in [1.54, 1.807) is 16.8 Å². The van der Waals surface area contributed by atoms with Crippen LogP contribution in [-0.2, 0) is 6.54 Å². The molecule has 35 heavy (non-hydrogen) atoms. The molecule has 4 aromatic rings. The Kier molecular flexibility index (Phi) is 6.29. The molecule has 1 aliphatic rings. The van der Waals surface area contributed by atoms with Gasteiger partial charge in [-0.15, -0.1) is 15.3 Å². The highest BCUT2D eigenvalue weighted by Crippen LogP contribution is 2.27. The Balaban J connectivity index is 1.28. The van der Waals surface area contributed by atoms with Gasteiger partial charge in [0.2, 0.25) is 5.89 Å². The van der Waals surface area contributed by atoms with Gasteiger partial charge >= 0.3 is 6.43 Å². The van der Waals surface area contributed by atoms with E-state index >= 15 is 0 Å². The maximum atomic E-state index is 12.7. The van der Waals surface area contributed by atoms with E-state index in [9.17, 15) is 8.78 Å². The first-order chi connectivity index (χ1) is 16.9. The number of nitrogens with zero attached hydrogens (tertiary/aromatic N) is 7. The number of aromatic nitrogens is 5. The molecule has 0 N–H and O–H groups in total. The third-order valence-electron chi connectivity index (χ3n) is 6.58. The molecule has 8 nitrogen and oxygen atoms in total. The van der Waals surface area contributed by atoms with Crippen molar-refractivity contribution < 1.29 is 13.2 Å². The lowest BCUT2D eigenvalue weighted by Gasteiger charge is -2.43. The molecule has 3 heterocycles. The van der Waals surface area contributed by atoms with E-state index in [-0.39, 0.29) is 5.89 Å². The summed E-state index contributed by atoms with van der Waals surface area (Å²) < 4.78 is 32.1. The summed E-state index contributed by atoms with van der Waals surface area (Å²) >= 11 is 0. The van der Waals surface area contributed by atoms with Crippen molar-refractivity contribution in [3.63, 3.8) is 0 Å². The predicted molar refractivity (Wildman–Crippen MR) is 128 cm³/mol. The lowest BCUT2D eigenvalue weighted by atomic mass is 10.1. The maximum absolute atomic E-state index is 12.7. The van der Waals surface area contributed by atoms with Gasteiger partial charge in [0.15, 0.2) is 0 Å². The molecule has 182 valence electrons. The van der Waals surface area contributed by atoms with E-state index in [0.717, 1.165) is 29.9 Å². The van der Waals surface area contributed by atoms with Crippen LogP contribution < -0.4 is 4.90 Å². The fraction of sp³-hybridized carbons (Fsp3) is 0.360.